The van der Waals surface area contributed by atoms with Gasteiger partial charge in [0.15, 0.2) is 0 Å². The van der Waals surface area contributed by atoms with E-state index in [1.165, 1.54) is 24.3 Å². The zero-order chi connectivity index (χ0) is 24.7. The minimum Gasteiger partial charge on any atom is -0.465 e. The summed E-state index contributed by atoms with van der Waals surface area (Å²) in [5.41, 5.74) is -1.81. The maximum Gasteiger partial charge on any atom is 0.417 e. The fourth-order valence-corrected chi connectivity index (χ4v) is 2.62. The Bertz CT molecular complexity index is 977. The van der Waals surface area contributed by atoms with Crippen molar-refractivity contribution in [3.8, 4) is 0 Å². The van der Waals surface area contributed by atoms with Gasteiger partial charge in [-0.1, -0.05) is 31.7 Å². The molecule has 0 spiro atoms. The second kappa shape index (κ2) is 10.8. The number of esters is 2. The highest BCUT2D eigenvalue weighted by Crippen LogP contribution is 2.34. The van der Waals surface area contributed by atoms with E-state index in [4.69, 9.17) is 0 Å². The van der Waals surface area contributed by atoms with Crippen LogP contribution in [0.15, 0.2) is 43.0 Å². The number of rotatable bonds is 4. The first-order valence-electron chi connectivity index (χ1n) is 9.00. The van der Waals surface area contributed by atoms with Gasteiger partial charge in [-0.3, -0.25) is 0 Å². The topological polar surface area (TPSA) is 52.6 Å². The second-order valence-corrected chi connectivity index (χ2v) is 6.21. The van der Waals surface area contributed by atoms with E-state index in [1.807, 2.05) is 0 Å². The fraction of sp³-hybridized carbons (Fsp3) is 0.273. The van der Waals surface area contributed by atoms with Crippen LogP contribution in [-0.2, 0) is 28.2 Å². The number of alkyl halides is 6. The second-order valence-electron chi connectivity index (χ2n) is 6.21. The van der Waals surface area contributed by atoms with Crippen molar-refractivity contribution in [1.29, 1.82) is 0 Å². The number of hydrogen-bond acceptors (Lipinski definition) is 4. The molecular formula is C22H20F6O4. The van der Waals surface area contributed by atoms with Gasteiger partial charge in [0.25, 0.3) is 0 Å². The minimum atomic E-state index is -4.52. The molecule has 0 N–H and O–H groups in total. The van der Waals surface area contributed by atoms with Gasteiger partial charge in [0, 0.05) is 0 Å². The van der Waals surface area contributed by atoms with Crippen molar-refractivity contribution in [2.75, 3.05) is 14.2 Å². The molecule has 0 unspecified atom stereocenters. The molecule has 0 heterocycles. The van der Waals surface area contributed by atoms with Gasteiger partial charge in [0.2, 0.25) is 0 Å². The number of halogens is 6. The highest BCUT2D eigenvalue weighted by molar-refractivity contribution is 5.90. The summed E-state index contributed by atoms with van der Waals surface area (Å²) < 4.78 is 84.4. The zero-order valence-corrected chi connectivity index (χ0v) is 17.4. The molecule has 174 valence electrons. The van der Waals surface area contributed by atoms with Crippen LogP contribution in [0, 0.1) is 0 Å². The molecule has 2 aromatic carbocycles. The summed E-state index contributed by atoms with van der Waals surface area (Å²) in [6, 6.07) is 6.66. The van der Waals surface area contributed by atoms with E-state index in [-0.39, 0.29) is 28.7 Å². The van der Waals surface area contributed by atoms with Crippen LogP contribution in [0.1, 0.15) is 49.9 Å². The first-order chi connectivity index (χ1) is 14.8. The van der Waals surface area contributed by atoms with Crippen LogP contribution in [0.25, 0.3) is 6.08 Å². The molecule has 0 fully saturated rings. The molecule has 0 saturated heterocycles. The molecule has 0 radical (unpaired) electrons. The molecule has 32 heavy (non-hydrogen) atoms. The van der Waals surface area contributed by atoms with Crippen molar-refractivity contribution >= 4 is 18.0 Å². The van der Waals surface area contributed by atoms with E-state index in [0.717, 1.165) is 32.4 Å². The van der Waals surface area contributed by atoms with E-state index in [1.54, 1.807) is 6.92 Å². The van der Waals surface area contributed by atoms with Gasteiger partial charge in [-0.25, -0.2) is 9.59 Å². The quantitative estimate of drug-likeness (QED) is 0.402. The van der Waals surface area contributed by atoms with Gasteiger partial charge < -0.3 is 9.47 Å². The van der Waals surface area contributed by atoms with Crippen molar-refractivity contribution in [3.63, 3.8) is 0 Å². The average molecular weight is 462 g/mol. The maximum atomic E-state index is 12.6. The summed E-state index contributed by atoms with van der Waals surface area (Å²) in [4.78, 5) is 22.2. The van der Waals surface area contributed by atoms with Crippen LogP contribution < -0.4 is 0 Å². The number of aryl methyl sites for hydroxylation is 1. The van der Waals surface area contributed by atoms with Crippen LogP contribution in [0.2, 0.25) is 0 Å². The van der Waals surface area contributed by atoms with Crippen molar-refractivity contribution in [2.45, 2.75) is 25.7 Å². The lowest BCUT2D eigenvalue weighted by molar-refractivity contribution is -0.138. The molecule has 0 aliphatic carbocycles. The zero-order valence-electron chi connectivity index (χ0n) is 17.4. The monoisotopic (exact) mass is 462 g/mol. The summed E-state index contributed by atoms with van der Waals surface area (Å²) in [6.07, 6.45) is -7.62. The molecule has 0 aliphatic rings. The third-order valence-corrected chi connectivity index (χ3v) is 4.22. The summed E-state index contributed by atoms with van der Waals surface area (Å²) in [7, 11) is 2.24. The lowest BCUT2D eigenvalue weighted by atomic mass is 10.0. The Labute approximate surface area is 180 Å². The third kappa shape index (κ3) is 6.86. The first kappa shape index (κ1) is 26.7. The van der Waals surface area contributed by atoms with Crippen LogP contribution in [0.3, 0.4) is 0 Å². The highest BCUT2D eigenvalue weighted by atomic mass is 19.4. The largest absolute Gasteiger partial charge is 0.465 e. The molecule has 0 aliphatic heterocycles. The Kier molecular flexibility index (Phi) is 9.05. The molecule has 4 nitrogen and oxygen atoms in total. The summed E-state index contributed by atoms with van der Waals surface area (Å²) >= 11 is 0. The predicted molar refractivity (Wildman–Crippen MR) is 105 cm³/mol. The van der Waals surface area contributed by atoms with E-state index >= 15 is 0 Å². The Morgan fingerprint density at radius 3 is 1.66 bits per heavy atom. The molecule has 0 atom stereocenters. The van der Waals surface area contributed by atoms with Crippen LogP contribution >= 0.6 is 0 Å². The van der Waals surface area contributed by atoms with Crippen molar-refractivity contribution in [2.24, 2.45) is 0 Å². The van der Waals surface area contributed by atoms with Gasteiger partial charge in [0.05, 0.1) is 36.5 Å². The minimum absolute atomic E-state index is 0.0693. The standard InChI is InChI=1S/C11H11F3O2.C11H9F3O2/c2*1-3-7-4-5-8(10(15)16-2)6-9(7)11(12,13)14/h4-6H,3H2,1-2H3;3-6H,1H2,2H3. The third-order valence-electron chi connectivity index (χ3n) is 4.22. The Hall–Kier alpha value is -3.30. The Morgan fingerprint density at radius 2 is 1.28 bits per heavy atom. The number of benzene rings is 2. The van der Waals surface area contributed by atoms with Crippen LogP contribution in [-0.4, -0.2) is 26.2 Å². The van der Waals surface area contributed by atoms with Gasteiger partial charge in [-0.2, -0.15) is 26.3 Å². The smallest absolute Gasteiger partial charge is 0.417 e. The Morgan fingerprint density at radius 1 is 0.844 bits per heavy atom. The first-order valence-corrected chi connectivity index (χ1v) is 9.00. The molecular weight excluding hydrogens is 442 g/mol. The van der Waals surface area contributed by atoms with Gasteiger partial charge in [-0.05, 0) is 41.8 Å². The SMILES string of the molecule is C=Cc1ccc(C(=O)OC)cc1C(F)(F)F.CCc1ccc(C(=O)OC)cc1C(F)(F)F. The number of methoxy groups -OCH3 is 2. The summed E-state index contributed by atoms with van der Waals surface area (Å²) in [6.45, 7) is 4.91. The Balaban J connectivity index is 0.000000320. The molecule has 0 amide bonds. The number of carbonyl (C=O) groups is 2. The summed E-state index contributed by atoms with van der Waals surface area (Å²) in [5, 5.41) is 0. The summed E-state index contributed by atoms with van der Waals surface area (Å²) in [5.74, 6) is -1.57. The lowest BCUT2D eigenvalue weighted by Gasteiger charge is -2.12. The van der Waals surface area contributed by atoms with Gasteiger partial charge in [-0.15, -0.1) is 0 Å². The molecule has 0 aromatic heterocycles. The predicted octanol–water partition coefficient (Wildman–Crippen LogP) is 6.19. The average Bonchev–Trinajstić information content (AvgIpc) is 2.76. The van der Waals surface area contributed by atoms with E-state index in [2.05, 4.69) is 16.1 Å². The van der Waals surface area contributed by atoms with E-state index in [9.17, 15) is 35.9 Å². The maximum absolute atomic E-state index is 12.6. The van der Waals surface area contributed by atoms with Gasteiger partial charge >= 0.3 is 24.3 Å². The lowest BCUT2D eigenvalue weighted by Crippen LogP contribution is -2.11. The van der Waals surface area contributed by atoms with Crippen molar-refractivity contribution in [1.82, 2.24) is 0 Å². The molecule has 10 heteroatoms. The molecule has 2 rings (SSSR count). The van der Waals surface area contributed by atoms with Crippen LogP contribution in [0.5, 0.6) is 0 Å². The fourth-order valence-electron chi connectivity index (χ4n) is 2.62. The van der Waals surface area contributed by atoms with Gasteiger partial charge in [0.1, 0.15) is 0 Å². The molecule has 0 saturated carbocycles. The van der Waals surface area contributed by atoms with E-state index in [0.29, 0.717) is 0 Å². The van der Waals surface area contributed by atoms with Crippen molar-refractivity contribution < 1.29 is 45.4 Å². The van der Waals surface area contributed by atoms with Crippen LogP contribution in [0.4, 0.5) is 26.3 Å². The van der Waals surface area contributed by atoms with E-state index < -0.39 is 35.4 Å². The number of ether oxygens (including phenoxy) is 2. The molecule has 2 aromatic rings. The van der Waals surface area contributed by atoms with Crippen molar-refractivity contribution in [3.05, 3.63) is 76.4 Å². The number of hydrogen-bond donors (Lipinski definition) is 0. The normalized spacial score (nSPS) is 11.2. The highest BCUT2D eigenvalue weighted by Gasteiger charge is 2.34. The number of carbonyl (C=O) groups excluding carboxylic acids is 2. The molecule has 0 bridgehead atoms.